The van der Waals surface area contributed by atoms with Gasteiger partial charge in [-0.15, -0.1) is 6.58 Å². The van der Waals surface area contributed by atoms with Crippen molar-refractivity contribution in [1.82, 2.24) is 0 Å². The van der Waals surface area contributed by atoms with Gasteiger partial charge in [-0.25, -0.2) is 13.2 Å². The quantitative estimate of drug-likeness (QED) is 0.856. The number of carbonyl (C=O) groups is 1. The second-order valence-electron chi connectivity index (χ2n) is 3.43. The molecule has 1 aromatic rings. The number of carboxylic acids is 1. The number of hydrogen-bond donors (Lipinski definition) is 1. The van der Waals surface area contributed by atoms with E-state index in [1.807, 2.05) is 0 Å². The van der Waals surface area contributed by atoms with Crippen LogP contribution in [0, 0.1) is 0 Å². The Hall–Kier alpha value is -1.33. The van der Waals surface area contributed by atoms with E-state index in [-0.39, 0.29) is 15.5 Å². The maximum atomic E-state index is 11.9. The summed E-state index contributed by atoms with van der Waals surface area (Å²) in [7, 11) is -3.55. The summed E-state index contributed by atoms with van der Waals surface area (Å²) in [5.41, 5.74) is -0.128. The predicted octanol–water partition coefficient (Wildman–Crippen LogP) is 2.39. The topological polar surface area (TPSA) is 71.4 Å². The molecule has 0 fully saturated rings. The van der Waals surface area contributed by atoms with Gasteiger partial charge in [0, 0.05) is 0 Å². The molecule has 0 amide bonds. The van der Waals surface area contributed by atoms with E-state index in [4.69, 9.17) is 16.7 Å². The molecule has 1 rings (SSSR count). The van der Waals surface area contributed by atoms with Crippen molar-refractivity contribution in [3.05, 3.63) is 41.4 Å². The molecule has 92 valence electrons. The molecule has 0 aromatic heterocycles. The lowest BCUT2D eigenvalue weighted by Crippen LogP contribution is -2.15. The molecular weight excluding hydrogens is 264 g/mol. The minimum atomic E-state index is -3.55. The number of aromatic carboxylic acids is 1. The molecule has 1 unspecified atom stereocenters. The van der Waals surface area contributed by atoms with Crippen molar-refractivity contribution in [2.45, 2.75) is 17.1 Å². The predicted molar refractivity (Wildman–Crippen MR) is 65.3 cm³/mol. The van der Waals surface area contributed by atoms with Crippen molar-refractivity contribution in [2.75, 3.05) is 0 Å². The fourth-order valence-corrected chi connectivity index (χ4v) is 2.74. The number of sulfone groups is 1. The number of rotatable bonds is 4. The Morgan fingerprint density at radius 2 is 2.12 bits per heavy atom. The smallest absolute Gasteiger partial charge is 0.337 e. The van der Waals surface area contributed by atoms with E-state index in [1.165, 1.54) is 25.1 Å². The number of halogens is 1. The average Bonchev–Trinajstić information content (AvgIpc) is 2.27. The maximum absolute atomic E-state index is 11.9. The standard InChI is InChI=1S/C11H11ClO4S/c1-3-7(2)17(15,16)8-4-5-9(11(13)14)10(12)6-8/h3-7H,1H2,2H3,(H,13,14). The Morgan fingerprint density at radius 3 is 2.53 bits per heavy atom. The monoisotopic (exact) mass is 274 g/mol. The second-order valence-corrected chi connectivity index (χ2v) is 6.14. The molecule has 0 aliphatic heterocycles. The first-order valence-corrected chi connectivity index (χ1v) is 6.62. The van der Waals surface area contributed by atoms with Crippen molar-refractivity contribution in [2.24, 2.45) is 0 Å². The summed E-state index contributed by atoms with van der Waals surface area (Å²) in [6, 6.07) is 3.54. The van der Waals surface area contributed by atoms with E-state index in [9.17, 15) is 13.2 Å². The van der Waals surface area contributed by atoms with Crippen LogP contribution >= 0.6 is 11.6 Å². The van der Waals surface area contributed by atoms with Gasteiger partial charge in [0.25, 0.3) is 0 Å². The van der Waals surface area contributed by atoms with Crippen LogP contribution in [0.5, 0.6) is 0 Å². The lowest BCUT2D eigenvalue weighted by Gasteiger charge is -2.09. The minimum Gasteiger partial charge on any atom is -0.478 e. The van der Waals surface area contributed by atoms with Gasteiger partial charge in [-0.2, -0.15) is 0 Å². The van der Waals surface area contributed by atoms with Crippen LogP contribution in [0.1, 0.15) is 17.3 Å². The second kappa shape index (κ2) is 4.89. The highest BCUT2D eigenvalue weighted by molar-refractivity contribution is 7.92. The zero-order valence-corrected chi connectivity index (χ0v) is 10.6. The van der Waals surface area contributed by atoms with Crippen LogP contribution in [-0.4, -0.2) is 24.7 Å². The van der Waals surface area contributed by atoms with Gasteiger partial charge in [0.2, 0.25) is 0 Å². The summed E-state index contributed by atoms with van der Waals surface area (Å²) in [5, 5.41) is 7.91. The Balaban J connectivity index is 3.32. The van der Waals surface area contributed by atoms with E-state index in [2.05, 4.69) is 6.58 Å². The van der Waals surface area contributed by atoms with Crippen molar-refractivity contribution in [3.63, 3.8) is 0 Å². The normalized spacial score (nSPS) is 13.1. The fourth-order valence-electron chi connectivity index (χ4n) is 1.19. The van der Waals surface area contributed by atoms with Gasteiger partial charge in [0.1, 0.15) is 0 Å². The lowest BCUT2D eigenvalue weighted by molar-refractivity contribution is 0.0697. The van der Waals surface area contributed by atoms with Crippen molar-refractivity contribution < 1.29 is 18.3 Å². The van der Waals surface area contributed by atoms with Crippen LogP contribution in [-0.2, 0) is 9.84 Å². The molecule has 4 nitrogen and oxygen atoms in total. The highest BCUT2D eigenvalue weighted by atomic mass is 35.5. The Morgan fingerprint density at radius 1 is 1.53 bits per heavy atom. The van der Waals surface area contributed by atoms with Gasteiger partial charge in [-0.1, -0.05) is 17.7 Å². The molecule has 0 aliphatic rings. The third-order valence-corrected chi connectivity index (χ3v) is 4.72. The van der Waals surface area contributed by atoms with E-state index >= 15 is 0 Å². The first-order chi connectivity index (χ1) is 7.80. The van der Waals surface area contributed by atoms with E-state index in [0.29, 0.717) is 0 Å². The molecule has 0 radical (unpaired) electrons. The Bertz CT molecular complexity index is 563. The summed E-state index contributed by atoms with van der Waals surface area (Å²) in [5.74, 6) is -1.20. The summed E-state index contributed by atoms with van der Waals surface area (Å²) in [6.45, 7) is 4.90. The zero-order valence-electron chi connectivity index (χ0n) is 9.05. The van der Waals surface area contributed by atoms with Crippen LogP contribution in [0.4, 0.5) is 0 Å². The van der Waals surface area contributed by atoms with Crippen molar-refractivity contribution in [1.29, 1.82) is 0 Å². The molecule has 0 saturated carbocycles. The Labute approximate surface area is 104 Å². The fraction of sp³-hybridized carbons (Fsp3) is 0.182. The van der Waals surface area contributed by atoms with Crippen LogP contribution in [0.3, 0.4) is 0 Å². The van der Waals surface area contributed by atoms with Gasteiger partial charge in [0.15, 0.2) is 9.84 Å². The molecular formula is C11H11ClO4S. The van der Waals surface area contributed by atoms with Crippen LogP contribution in [0.25, 0.3) is 0 Å². The molecule has 17 heavy (non-hydrogen) atoms. The largest absolute Gasteiger partial charge is 0.478 e. The molecule has 0 aliphatic carbocycles. The average molecular weight is 275 g/mol. The third kappa shape index (κ3) is 2.68. The van der Waals surface area contributed by atoms with E-state index in [0.717, 1.165) is 6.07 Å². The van der Waals surface area contributed by atoms with Crippen molar-refractivity contribution >= 4 is 27.4 Å². The highest BCUT2D eigenvalue weighted by Crippen LogP contribution is 2.23. The maximum Gasteiger partial charge on any atom is 0.337 e. The molecule has 1 N–H and O–H groups in total. The number of carboxylic acid groups (broad SMARTS) is 1. The SMILES string of the molecule is C=CC(C)S(=O)(=O)c1ccc(C(=O)O)c(Cl)c1. The van der Waals surface area contributed by atoms with Gasteiger partial charge in [-0.3, -0.25) is 0 Å². The van der Waals surface area contributed by atoms with E-state index in [1.54, 1.807) is 0 Å². The highest BCUT2D eigenvalue weighted by Gasteiger charge is 2.22. The molecule has 0 spiro atoms. The molecule has 1 atom stereocenters. The van der Waals surface area contributed by atoms with Gasteiger partial charge in [0.05, 0.1) is 20.7 Å². The Kier molecular flexibility index (Phi) is 3.95. The summed E-state index contributed by atoms with van der Waals surface area (Å²) in [4.78, 5) is 10.7. The lowest BCUT2D eigenvalue weighted by atomic mass is 10.2. The van der Waals surface area contributed by atoms with Gasteiger partial charge in [-0.05, 0) is 25.1 Å². The molecule has 0 bridgehead atoms. The van der Waals surface area contributed by atoms with Crippen LogP contribution < -0.4 is 0 Å². The third-order valence-electron chi connectivity index (χ3n) is 2.32. The molecule has 6 heteroatoms. The van der Waals surface area contributed by atoms with Gasteiger partial charge >= 0.3 is 5.97 Å². The summed E-state index contributed by atoms with van der Waals surface area (Å²) < 4.78 is 23.8. The summed E-state index contributed by atoms with van der Waals surface area (Å²) >= 11 is 5.71. The first-order valence-electron chi connectivity index (χ1n) is 4.70. The number of benzene rings is 1. The molecule has 0 saturated heterocycles. The minimum absolute atomic E-state index is 0.0140. The molecule has 1 aromatic carbocycles. The van der Waals surface area contributed by atoms with E-state index < -0.39 is 21.1 Å². The summed E-state index contributed by atoms with van der Waals surface area (Å²) in [6.07, 6.45) is 1.30. The zero-order chi connectivity index (χ0) is 13.2. The van der Waals surface area contributed by atoms with Crippen LogP contribution in [0.2, 0.25) is 5.02 Å². The molecule has 0 heterocycles. The number of hydrogen-bond acceptors (Lipinski definition) is 3. The van der Waals surface area contributed by atoms with Crippen molar-refractivity contribution in [3.8, 4) is 0 Å². The first kappa shape index (κ1) is 13.7. The van der Waals surface area contributed by atoms with Gasteiger partial charge < -0.3 is 5.11 Å². The van der Waals surface area contributed by atoms with Crippen LogP contribution in [0.15, 0.2) is 35.7 Å².